The summed E-state index contributed by atoms with van der Waals surface area (Å²) in [5, 5.41) is 0. The molecule has 0 heterocycles. The number of ether oxygens (including phenoxy) is 2. The second kappa shape index (κ2) is 9.88. The van der Waals surface area contributed by atoms with Gasteiger partial charge in [0.05, 0.1) is 11.2 Å². The molecule has 0 aliphatic rings. The Morgan fingerprint density at radius 2 is 0.923 bits per heavy atom. The molecule has 0 aliphatic heterocycles. The first kappa shape index (κ1) is 25.1. The molecule has 156 valence electrons. The van der Waals surface area contributed by atoms with Gasteiger partial charge in [0.2, 0.25) is 0 Å². The van der Waals surface area contributed by atoms with Crippen LogP contribution in [0.25, 0.3) is 0 Å². The Balaban J connectivity index is 4.35. The molecule has 0 fully saturated rings. The average Bonchev–Trinajstić information content (AvgIpc) is 2.44. The third-order valence-corrected chi connectivity index (χ3v) is 3.80. The molecular formula is C19H38O7. The Morgan fingerprint density at radius 3 is 1.19 bits per heavy atom. The fraction of sp³-hybridized carbons (Fsp3) is 0.947. The van der Waals surface area contributed by atoms with Crippen molar-refractivity contribution in [2.75, 3.05) is 13.2 Å². The van der Waals surface area contributed by atoms with E-state index in [2.05, 4.69) is 0 Å². The molecular weight excluding hydrogens is 340 g/mol. The summed E-state index contributed by atoms with van der Waals surface area (Å²) in [6.45, 7) is 18.7. The first-order valence-electron chi connectivity index (χ1n) is 9.17. The van der Waals surface area contributed by atoms with Crippen molar-refractivity contribution in [3.8, 4) is 0 Å². The van der Waals surface area contributed by atoms with Crippen molar-refractivity contribution in [1.82, 2.24) is 0 Å². The first-order chi connectivity index (χ1) is 11.6. The maximum atomic E-state index is 12.1. The van der Waals surface area contributed by atoms with Crippen LogP contribution in [0, 0.1) is 0 Å². The molecule has 0 N–H and O–H groups in total. The lowest BCUT2D eigenvalue weighted by Gasteiger charge is -2.30. The normalized spacial score (nSPS) is 13.6. The lowest BCUT2D eigenvalue weighted by atomic mass is 10.1. The van der Waals surface area contributed by atoms with E-state index in [0.717, 1.165) is 12.8 Å². The first-order valence-corrected chi connectivity index (χ1v) is 9.17. The van der Waals surface area contributed by atoms with E-state index in [0.29, 0.717) is 0 Å². The molecule has 0 bridgehead atoms. The van der Waals surface area contributed by atoms with Crippen molar-refractivity contribution in [3.05, 3.63) is 0 Å². The van der Waals surface area contributed by atoms with Crippen LogP contribution in [0.3, 0.4) is 0 Å². The molecule has 7 heteroatoms. The summed E-state index contributed by atoms with van der Waals surface area (Å²) in [5.74, 6) is 0. The van der Waals surface area contributed by atoms with Gasteiger partial charge in [0, 0.05) is 0 Å². The summed E-state index contributed by atoms with van der Waals surface area (Å²) in [5.41, 5.74) is -2.61. The lowest BCUT2D eigenvalue weighted by Crippen LogP contribution is -2.40. The van der Waals surface area contributed by atoms with E-state index >= 15 is 0 Å². The molecule has 0 radical (unpaired) electrons. The standard InChI is InChI=1S/C19H38O7/c1-11-16(3,4)25-21-13-18(7,8)23-15(20)24-19(9,10)14-22-26-17(5,6)12-2/h11-14H2,1-10H3. The van der Waals surface area contributed by atoms with Crippen LogP contribution in [-0.4, -0.2) is 41.8 Å². The number of rotatable bonds is 12. The Hall–Kier alpha value is -0.890. The van der Waals surface area contributed by atoms with Crippen LogP contribution in [0.1, 0.15) is 82.1 Å². The molecule has 0 aromatic rings. The summed E-state index contributed by atoms with van der Waals surface area (Å²) in [6, 6.07) is 0. The number of hydrogen-bond acceptors (Lipinski definition) is 7. The smallest absolute Gasteiger partial charge is 0.426 e. The highest BCUT2D eigenvalue weighted by atomic mass is 17.2. The molecule has 0 aliphatic carbocycles. The minimum atomic E-state index is -0.904. The Kier molecular flexibility index (Phi) is 9.54. The lowest BCUT2D eigenvalue weighted by molar-refractivity contribution is -0.370. The number of carbonyl (C=O) groups excluding carboxylic acids is 1. The minimum Gasteiger partial charge on any atom is -0.426 e. The van der Waals surface area contributed by atoms with Crippen LogP contribution in [0.2, 0.25) is 0 Å². The zero-order valence-corrected chi connectivity index (χ0v) is 18.2. The van der Waals surface area contributed by atoms with E-state index in [1.165, 1.54) is 0 Å². The van der Waals surface area contributed by atoms with Crippen LogP contribution in [0.5, 0.6) is 0 Å². The van der Waals surface area contributed by atoms with Crippen molar-refractivity contribution >= 4 is 6.16 Å². The predicted molar refractivity (Wildman–Crippen MR) is 98.5 cm³/mol. The summed E-state index contributed by atoms with van der Waals surface area (Å²) in [7, 11) is 0. The SMILES string of the molecule is CCC(C)(C)OOCC(C)(C)OC(=O)OC(C)(C)COOC(C)(C)CC. The topological polar surface area (TPSA) is 72.5 Å². The molecule has 0 aromatic heterocycles. The fourth-order valence-corrected chi connectivity index (χ4v) is 1.31. The van der Waals surface area contributed by atoms with Gasteiger partial charge in [-0.2, -0.15) is 0 Å². The van der Waals surface area contributed by atoms with Crippen molar-refractivity contribution in [1.29, 1.82) is 0 Å². The molecule has 0 rings (SSSR count). The van der Waals surface area contributed by atoms with E-state index in [4.69, 9.17) is 29.0 Å². The van der Waals surface area contributed by atoms with Gasteiger partial charge in [0.1, 0.15) is 24.4 Å². The van der Waals surface area contributed by atoms with Crippen molar-refractivity contribution in [2.45, 2.75) is 104 Å². The second-order valence-electron chi connectivity index (χ2n) is 8.89. The summed E-state index contributed by atoms with van der Waals surface area (Å²) in [6.07, 6.45) is 0.778. The van der Waals surface area contributed by atoms with Crippen molar-refractivity contribution in [2.24, 2.45) is 0 Å². The van der Waals surface area contributed by atoms with Crippen LogP contribution >= 0.6 is 0 Å². The highest BCUT2D eigenvalue weighted by Crippen LogP contribution is 2.20. The molecule has 0 amide bonds. The van der Waals surface area contributed by atoms with Gasteiger partial charge in [0.25, 0.3) is 0 Å². The molecule has 0 saturated carbocycles. The van der Waals surface area contributed by atoms with Gasteiger partial charge in [-0.05, 0) is 68.2 Å². The van der Waals surface area contributed by atoms with E-state index in [-0.39, 0.29) is 13.2 Å². The Morgan fingerprint density at radius 1 is 0.615 bits per heavy atom. The zero-order valence-electron chi connectivity index (χ0n) is 18.2. The van der Waals surface area contributed by atoms with Gasteiger partial charge in [0.15, 0.2) is 0 Å². The third-order valence-electron chi connectivity index (χ3n) is 3.80. The monoisotopic (exact) mass is 378 g/mol. The van der Waals surface area contributed by atoms with Crippen LogP contribution in [0.4, 0.5) is 4.79 Å². The van der Waals surface area contributed by atoms with E-state index in [1.807, 2.05) is 41.5 Å². The van der Waals surface area contributed by atoms with Gasteiger partial charge in [-0.15, -0.1) is 0 Å². The highest BCUT2D eigenvalue weighted by molar-refractivity contribution is 5.61. The van der Waals surface area contributed by atoms with Crippen molar-refractivity contribution in [3.63, 3.8) is 0 Å². The number of carbonyl (C=O) groups is 1. The molecule has 0 saturated heterocycles. The summed E-state index contributed by atoms with van der Waals surface area (Å²) < 4.78 is 10.7. The van der Waals surface area contributed by atoms with Gasteiger partial charge in [-0.1, -0.05) is 13.8 Å². The quantitative estimate of drug-likeness (QED) is 0.270. The largest absolute Gasteiger partial charge is 0.509 e. The van der Waals surface area contributed by atoms with E-state index in [9.17, 15) is 4.79 Å². The summed E-state index contributed by atoms with van der Waals surface area (Å²) >= 11 is 0. The average molecular weight is 379 g/mol. The van der Waals surface area contributed by atoms with E-state index in [1.54, 1.807) is 27.7 Å². The minimum absolute atomic E-state index is 0.0796. The van der Waals surface area contributed by atoms with Crippen LogP contribution in [0.15, 0.2) is 0 Å². The van der Waals surface area contributed by atoms with Gasteiger partial charge in [-0.25, -0.2) is 24.3 Å². The molecule has 0 spiro atoms. The molecule has 26 heavy (non-hydrogen) atoms. The predicted octanol–water partition coefficient (Wildman–Crippen LogP) is 4.97. The van der Waals surface area contributed by atoms with Crippen LogP contribution < -0.4 is 0 Å². The zero-order chi connectivity index (χ0) is 20.6. The molecule has 0 aromatic carbocycles. The molecule has 7 nitrogen and oxygen atoms in total. The third kappa shape index (κ3) is 11.7. The van der Waals surface area contributed by atoms with Gasteiger partial charge in [-0.3, -0.25) is 0 Å². The Labute approximate surface area is 158 Å². The van der Waals surface area contributed by atoms with Crippen molar-refractivity contribution < 1.29 is 33.8 Å². The second-order valence-corrected chi connectivity index (χ2v) is 8.89. The molecule has 0 unspecified atom stereocenters. The fourth-order valence-electron chi connectivity index (χ4n) is 1.31. The van der Waals surface area contributed by atoms with Gasteiger partial charge < -0.3 is 9.47 Å². The van der Waals surface area contributed by atoms with Crippen LogP contribution in [-0.2, 0) is 29.0 Å². The van der Waals surface area contributed by atoms with Gasteiger partial charge >= 0.3 is 6.16 Å². The Bertz CT molecular complexity index is 390. The summed E-state index contributed by atoms with van der Waals surface area (Å²) in [4.78, 5) is 33.2. The maximum Gasteiger partial charge on any atom is 0.509 e. The molecule has 0 atom stereocenters. The van der Waals surface area contributed by atoms with E-state index < -0.39 is 28.6 Å². The number of hydrogen-bond donors (Lipinski definition) is 0. The maximum absolute atomic E-state index is 12.1. The highest BCUT2D eigenvalue weighted by Gasteiger charge is 2.31.